The summed E-state index contributed by atoms with van der Waals surface area (Å²) in [4.78, 5) is 0. The topological polar surface area (TPSA) is 38.7 Å². The minimum Gasteiger partial charge on any atom is -0.508 e. The summed E-state index contributed by atoms with van der Waals surface area (Å²) in [6.07, 6.45) is 2.04. The van der Waals surface area contributed by atoms with Crippen LogP contribution < -0.4 is 9.47 Å². The molecule has 0 atom stereocenters. The highest BCUT2D eigenvalue weighted by atomic mass is 16.5. The van der Waals surface area contributed by atoms with Crippen LogP contribution in [-0.2, 0) is 0 Å². The van der Waals surface area contributed by atoms with E-state index in [1.54, 1.807) is 19.2 Å². The SMILES string of the molecule is COc1cc(-c2cc(C)c(-c3ccc(O)cc3)cc2C)ccc1OCC=C(C)C. The van der Waals surface area contributed by atoms with Crippen LogP contribution in [0.5, 0.6) is 17.2 Å². The molecule has 0 radical (unpaired) electrons. The monoisotopic (exact) mass is 388 g/mol. The van der Waals surface area contributed by atoms with E-state index >= 15 is 0 Å². The third-order valence-corrected chi connectivity index (χ3v) is 4.95. The standard InChI is InChI=1S/C26H28O3/c1-17(2)12-13-29-25-11-8-21(16-26(25)28-5)24-15-18(3)23(14-19(24)4)20-6-9-22(27)10-7-20/h6-12,14-16,27H,13H2,1-5H3. The second-order valence-corrected chi connectivity index (χ2v) is 7.49. The van der Waals surface area contributed by atoms with Gasteiger partial charge in [-0.3, -0.25) is 0 Å². The van der Waals surface area contributed by atoms with E-state index in [-0.39, 0.29) is 5.75 Å². The third-order valence-electron chi connectivity index (χ3n) is 4.95. The Morgan fingerprint density at radius 2 is 1.41 bits per heavy atom. The summed E-state index contributed by atoms with van der Waals surface area (Å²) in [5, 5.41) is 9.55. The van der Waals surface area contributed by atoms with Crippen LogP contribution in [0.2, 0.25) is 0 Å². The van der Waals surface area contributed by atoms with Crippen molar-refractivity contribution in [1.29, 1.82) is 0 Å². The Morgan fingerprint density at radius 1 is 0.828 bits per heavy atom. The van der Waals surface area contributed by atoms with Gasteiger partial charge in [0.2, 0.25) is 0 Å². The first-order valence-electron chi connectivity index (χ1n) is 9.74. The van der Waals surface area contributed by atoms with Gasteiger partial charge in [-0.1, -0.05) is 35.9 Å². The molecule has 0 amide bonds. The number of phenolic OH excluding ortho intramolecular Hbond substituents is 1. The first kappa shape index (κ1) is 20.5. The molecule has 1 N–H and O–H groups in total. The van der Waals surface area contributed by atoms with Crippen LogP contribution in [0.15, 0.2) is 66.2 Å². The van der Waals surface area contributed by atoms with Gasteiger partial charge in [0.15, 0.2) is 11.5 Å². The Morgan fingerprint density at radius 3 is 2.00 bits per heavy atom. The molecule has 0 saturated carbocycles. The van der Waals surface area contributed by atoms with E-state index in [0.29, 0.717) is 6.61 Å². The zero-order valence-corrected chi connectivity index (χ0v) is 17.7. The van der Waals surface area contributed by atoms with Gasteiger partial charge in [-0.15, -0.1) is 0 Å². The highest BCUT2D eigenvalue weighted by Gasteiger charge is 2.12. The molecule has 0 spiro atoms. The van der Waals surface area contributed by atoms with Gasteiger partial charge in [0.25, 0.3) is 0 Å². The van der Waals surface area contributed by atoms with Crippen LogP contribution in [0.4, 0.5) is 0 Å². The molecule has 0 saturated heterocycles. The first-order chi connectivity index (χ1) is 13.9. The average molecular weight is 389 g/mol. The maximum atomic E-state index is 9.55. The lowest BCUT2D eigenvalue weighted by molar-refractivity contribution is 0.326. The largest absolute Gasteiger partial charge is 0.508 e. The van der Waals surface area contributed by atoms with Gasteiger partial charge >= 0.3 is 0 Å². The Bertz CT molecular complexity index is 1030. The van der Waals surface area contributed by atoms with E-state index in [1.807, 2.05) is 30.3 Å². The number of aryl methyl sites for hydroxylation is 2. The van der Waals surface area contributed by atoms with Crippen molar-refractivity contribution in [3.63, 3.8) is 0 Å². The van der Waals surface area contributed by atoms with E-state index in [2.05, 4.69) is 45.9 Å². The number of methoxy groups -OCH3 is 1. The Labute approximate surface area is 173 Å². The maximum absolute atomic E-state index is 9.55. The summed E-state index contributed by atoms with van der Waals surface area (Å²) in [5.41, 5.74) is 8.10. The van der Waals surface area contributed by atoms with Gasteiger partial charge in [-0.2, -0.15) is 0 Å². The molecule has 0 aliphatic heterocycles. The van der Waals surface area contributed by atoms with Crippen LogP contribution in [0.25, 0.3) is 22.3 Å². The molecule has 0 heterocycles. The fraction of sp³-hybridized carbons (Fsp3) is 0.231. The van der Waals surface area contributed by atoms with Crippen molar-refractivity contribution in [2.75, 3.05) is 13.7 Å². The van der Waals surface area contributed by atoms with Gasteiger partial charge in [0.05, 0.1) is 7.11 Å². The Kier molecular flexibility index (Phi) is 6.28. The molecule has 3 aromatic carbocycles. The van der Waals surface area contributed by atoms with Crippen molar-refractivity contribution < 1.29 is 14.6 Å². The highest BCUT2D eigenvalue weighted by molar-refractivity contribution is 5.77. The molecule has 0 aromatic heterocycles. The highest BCUT2D eigenvalue weighted by Crippen LogP contribution is 2.36. The minimum absolute atomic E-state index is 0.277. The molecule has 0 aliphatic carbocycles. The van der Waals surface area contributed by atoms with E-state index in [1.165, 1.54) is 27.8 Å². The number of allylic oxidation sites excluding steroid dienone is 1. The molecule has 150 valence electrons. The Balaban J connectivity index is 1.95. The van der Waals surface area contributed by atoms with E-state index in [0.717, 1.165) is 22.6 Å². The first-order valence-corrected chi connectivity index (χ1v) is 9.74. The summed E-state index contributed by atoms with van der Waals surface area (Å²) in [7, 11) is 1.67. The summed E-state index contributed by atoms with van der Waals surface area (Å²) in [6.45, 7) is 8.86. The number of hydrogen-bond acceptors (Lipinski definition) is 3. The van der Waals surface area contributed by atoms with Crippen LogP contribution in [-0.4, -0.2) is 18.8 Å². The molecule has 3 nitrogen and oxygen atoms in total. The van der Waals surface area contributed by atoms with E-state index < -0.39 is 0 Å². The zero-order chi connectivity index (χ0) is 21.0. The Hall–Kier alpha value is -3.20. The quantitative estimate of drug-likeness (QED) is 0.478. The average Bonchev–Trinajstić information content (AvgIpc) is 2.70. The number of rotatable bonds is 6. The normalized spacial score (nSPS) is 10.5. The van der Waals surface area contributed by atoms with Crippen LogP contribution in [0.1, 0.15) is 25.0 Å². The van der Waals surface area contributed by atoms with Crippen molar-refractivity contribution in [1.82, 2.24) is 0 Å². The predicted molar refractivity (Wildman–Crippen MR) is 120 cm³/mol. The lowest BCUT2D eigenvalue weighted by atomic mass is 9.92. The van der Waals surface area contributed by atoms with Crippen molar-refractivity contribution >= 4 is 0 Å². The minimum atomic E-state index is 0.277. The number of phenols is 1. The summed E-state index contributed by atoms with van der Waals surface area (Å²) in [5.74, 6) is 1.74. The molecule has 3 aromatic rings. The lowest BCUT2D eigenvalue weighted by Crippen LogP contribution is -1.98. The van der Waals surface area contributed by atoms with Crippen molar-refractivity contribution in [3.05, 3.63) is 77.4 Å². The van der Waals surface area contributed by atoms with Crippen LogP contribution >= 0.6 is 0 Å². The molecular formula is C26H28O3. The number of aromatic hydroxyl groups is 1. The third kappa shape index (κ3) is 4.80. The predicted octanol–water partition coefficient (Wildman–Crippen LogP) is 6.70. The van der Waals surface area contributed by atoms with Gasteiger partial charge in [0, 0.05) is 0 Å². The second-order valence-electron chi connectivity index (χ2n) is 7.49. The molecule has 0 fully saturated rings. The molecule has 29 heavy (non-hydrogen) atoms. The molecule has 3 heteroatoms. The van der Waals surface area contributed by atoms with Crippen LogP contribution in [0.3, 0.4) is 0 Å². The van der Waals surface area contributed by atoms with Crippen molar-refractivity contribution in [3.8, 4) is 39.5 Å². The van der Waals surface area contributed by atoms with E-state index in [9.17, 15) is 5.11 Å². The maximum Gasteiger partial charge on any atom is 0.161 e. The number of hydrogen-bond donors (Lipinski definition) is 1. The molecule has 0 aliphatic rings. The molecular weight excluding hydrogens is 360 g/mol. The van der Waals surface area contributed by atoms with Gasteiger partial charge in [-0.25, -0.2) is 0 Å². The fourth-order valence-corrected chi connectivity index (χ4v) is 3.33. The second kappa shape index (κ2) is 8.87. The summed E-state index contributed by atoms with van der Waals surface area (Å²) in [6, 6.07) is 17.8. The smallest absolute Gasteiger partial charge is 0.161 e. The lowest BCUT2D eigenvalue weighted by Gasteiger charge is -2.15. The molecule has 0 bridgehead atoms. The van der Waals surface area contributed by atoms with Crippen LogP contribution in [0, 0.1) is 13.8 Å². The molecule has 0 unspecified atom stereocenters. The van der Waals surface area contributed by atoms with Gasteiger partial charge in [0.1, 0.15) is 12.4 Å². The van der Waals surface area contributed by atoms with Gasteiger partial charge < -0.3 is 14.6 Å². The summed E-state index contributed by atoms with van der Waals surface area (Å²) >= 11 is 0. The molecule has 3 rings (SSSR count). The van der Waals surface area contributed by atoms with Crippen molar-refractivity contribution in [2.45, 2.75) is 27.7 Å². The summed E-state index contributed by atoms with van der Waals surface area (Å²) < 4.78 is 11.4. The van der Waals surface area contributed by atoms with Crippen molar-refractivity contribution in [2.24, 2.45) is 0 Å². The van der Waals surface area contributed by atoms with Gasteiger partial charge in [-0.05, 0) is 91.4 Å². The number of benzene rings is 3. The van der Waals surface area contributed by atoms with E-state index in [4.69, 9.17) is 9.47 Å². The fourth-order valence-electron chi connectivity index (χ4n) is 3.33. The number of ether oxygens (including phenoxy) is 2. The zero-order valence-electron chi connectivity index (χ0n) is 17.7.